The SMILES string of the molecule is CC(C)(C)OC(=O)N1CCC(C[C@H](N)C2CC2)CC1.Cl. The van der Waals surface area contributed by atoms with E-state index in [1.165, 1.54) is 12.8 Å². The number of nitrogens with zero attached hydrogens (tertiary/aromatic N) is 1. The Kier molecular flexibility index (Phi) is 6.14. The number of halogens is 1. The molecule has 1 atom stereocenters. The Morgan fingerprint density at radius 3 is 2.25 bits per heavy atom. The molecule has 4 nitrogen and oxygen atoms in total. The minimum absolute atomic E-state index is 0. The van der Waals surface area contributed by atoms with Crippen LogP contribution in [0.4, 0.5) is 4.79 Å². The largest absolute Gasteiger partial charge is 0.444 e. The van der Waals surface area contributed by atoms with Gasteiger partial charge >= 0.3 is 6.09 Å². The predicted molar refractivity (Wildman–Crippen MR) is 83.1 cm³/mol. The molecule has 2 fully saturated rings. The van der Waals surface area contributed by atoms with Crippen molar-refractivity contribution < 1.29 is 9.53 Å². The van der Waals surface area contributed by atoms with Crippen LogP contribution < -0.4 is 5.73 Å². The van der Waals surface area contributed by atoms with E-state index in [0.29, 0.717) is 12.0 Å². The number of ether oxygens (including phenoxy) is 1. The summed E-state index contributed by atoms with van der Waals surface area (Å²) in [6, 6.07) is 0.387. The molecule has 5 heteroatoms. The highest BCUT2D eigenvalue weighted by Gasteiger charge is 2.32. The van der Waals surface area contributed by atoms with Crippen LogP contribution in [0.3, 0.4) is 0 Å². The van der Waals surface area contributed by atoms with E-state index < -0.39 is 5.60 Å². The topological polar surface area (TPSA) is 55.6 Å². The fourth-order valence-corrected chi connectivity index (χ4v) is 2.78. The van der Waals surface area contributed by atoms with Crippen LogP contribution in [0.5, 0.6) is 0 Å². The molecule has 2 rings (SSSR count). The number of hydrogen-bond donors (Lipinski definition) is 1. The third kappa shape index (κ3) is 5.49. The summed E-state index contributed by atoms with van der Waals surface area (Å²) in [6.45, 7) is 7.36. The van der Waals surface area contributed by atoms with Crippen molar-refractivity contribution in [3.8, 4) is 0 Å². The summed E-state index contributed by atoms with van der Waals surface area (Å²) in [4.78, 5) is 13.8. The highest BCUT2D eigenvalue weighted by atomic mass is 35.5. The standard InChI is InChI=1S/C15H28N2O2.ClH/c1-15(2,3)19-14(18)17-8-6-11(7-9-17)10-13(16)12-4-5-12;/h11-13H,4-10,16H2,1-3H3;1H/t13-;/m0./s1. The van der Waals surface area contributed by atoms with Gasteiger partial charge in [0.15, 0.2) is 0 Å². The smallest absolute Gasteiger partial charge is 0.410 e. The second-order valence-corrected chi connectivity index (χ2v) is 7.15. The molecule has 0 unspecified atom stereocenters. The van der Waals surface area contributed by atoms with Crippen LogP contribution in [0.15, 0.2) is 0 Å². The molecule has 1 aliphatic heterocycles. The van der Waals surface area contributed by atoms with E-state index in [9.17, 15) is 4.79 Å². The lowest BCUT2D eigenvalue weighted by atomic mass is 9.89. The number of carbonyl (C=O) groups is 1. The maximum Gasteiger partial charge on any atom is 0.410 e. The van der Waals surface area contributed by atoms with E-state index >= 15 is 0 Å². The first-order valence-corrected chi connectivity index (χ1v) is 7.58. The molecule has 1 amide bonds. The first kappa shape index (κ1) is 17.6. The number of rotatable bonds is 3. The Morgan fingerprint density at radius 1 is 1.25 bits per heavy atom. The van der Waals surface area contributed by atoms with Crippen molar-refractivity contribution in [2.45, 2.75) is 64.5 Å². The Bertz CT molecular complexity index is 318. The molecule has 1 heterocycles. The molecule has 1 aliphatic carbocycles. The molecule has 0 aromatic rings. The predicted octanol–water partition coefficient (Wildman–Crippen LogP) is 3.18. The summed E-state index contributed by atoms with van der Waals surface area (Å²) in [7, 11) is 0. The van der Waals surface area contributed by atoms with Gasteiger partial charge in [0.2, 0.25) is 0 Å². The van der Waals surface area contributed by atoms with Crippen LogP contribution >= 0.6 is 12.4 Å². The van der Waals surface area contributed by atoms with Crippen LogP contribution in [0, 0.1) is 11.8 Å². The van der Waals surface area contributed by atoms with Crippen molar-refractivity contribution in [2.24, 2.45) is 17.6 Å². The maximum atomic E-state index is 11.9. The average Bonchev–Trinajstić information content (AvgIpc) is 3.11. The van der Waals surface area contributed by atoms with Gasteiger partial charge in [0.05, 0.1) is 0 Å². The third-order valence-electron chi connectivity index (χ3n) is 4.10. The molecule has 1 saturated heterocycles. The number of amides is 1. The molecule has 0 aromatic heterocycles. The lowest BCUT2D eigenvalue weighted by Gasteiger charge is -2.34. The normalized spacial score (nSPS) is 22.1. The summed E-state index contributed by atoms with van der Waals surface area (Å²) in [5, 5.41) is 0. The van der Waals surface area contributed by atoms with Crippen molar-refractivity contribution in [2.75, 3.05) is 13.1 Å². The Morgan fingerprint density at radius 2 is 1.80 bits per heavy atom. The van der Waals surface area contributed by atoms with E-state index in [2.05, 4.69) is 0 Å². The zero-order valence-corrected chi connectivity index (χ0v) is 13.7. The second-order valence-electron chi connectivity index (χ2n) is 7.15. The number of nitrogens with two attached hydrogens (primary N) is 1. The van der Waals surface area contributed by atoms with Crippen LogP contribution in [0.1, 0.15) is 52.9 Å². The van der Waals surface area contributed by atoms with Crippen LogP contribution in [-0.4, -0.2) is 35.7 Å². The minimum Gasteiger partial charge on any atom is -0.444 e. The highest BCUT2D eigenvalue weighted by molar-refractivity contribution is 5.85. The van der Waals surface area contributed by atoms with Crippen LogP contribution in [0.25, 0.3) is 0 Å². The fourth-order valence-electron chi connectivity index (χ4n) is 2.78. The molecule has 0 aromatic carbocycles. The lowest BCUT2D eigenvalue weighted by Crippen LogP contribution is -2.42. The van der Waals surface area contributed by atoms with E-state index in [1.54, 1.807) is 0 Å². The van der Waals surface area contributed by atoms with E-state index in [-0.39, 0.29) is 18.5 Å². The zero-order chi connectivity index (χ0) is 14.0. The van der Waals surface area contributed by atoms with Crippen molar-refractivity contribution in [3.63, 3.8) is 0 Å². The van der Waals surface area contributed by atoms with Gasteiger partial charge in [0.25, 0.3) is 0 Å². The van der Waals surface area contributed by atoms with Gasteiger partial charge in [-0.3, -0.25) is 0 Å². The van der Waals surface area contributed by atoms with Crippen molar-refractivity contribution in [1.82, 2.24) is 4.90 Å². The second kappa shape index (κ2) is 6.99. The monoisotopic (exact) mass is 304 g/mol. The van der Waals surface area contributed by atoms with Crippen molar-refractivity contribution in [1.29, 1.82) is 0 Å². The van der Waals surface area contributed by atoms with Crippen molar-refractivity contribution in [3.05, 3.63) is 0 Å². The summed E-state index contributed by atoms with van der Waals surface area (Å²) < 4.78 is 5.40. The molecule has 0 radical (unpaired) electrons. The van der Waals surface area contributed by atoms with E-state index in [4.69, 9.17) is 10.5 Å². The number of likely N-dealkylation sites (tertiary alicyclic amines) is 1. The third-order valence-corrected chi connectivity index (χ3v) is 4.10. The van der Waals surface area contributed by atoms with E-state index in [0.717, 1.165) is 38.3 Å². The molecule has 2 aliphatic rings. The number of piperidine rings is 1. The Labute approximate surface area is 128 Å². The molecular weight excluding hydrogens is 276 g/mol. The molecule has 0 spiro atoms. The number of carbonyl (C=O) groups excluding carboxylic acids is 1. The first-order chi connectivity index (χ1) is 8.85. The van der Waals surface area contributed by atoms with Gasteiger partial charge in [0, 0.05) is 19.1 Å². The van der Waals surface area contributed by atoms with Crippen molar-refractivity contribution >= 4 is 18.5 Å². The van der Waals surface area contributed by atoms with Crippen LogP contribution in [-0.2, 0) is 4.74 Å². The number of hydrogen-bond acceptors (Lipinski definition) is 3. The van der Waals surface area contributed by atoms with E-state index in [1.807, 2.05) is 25.7 Å². The van der Waals surface area contributed by atoms with Gasteiger partial charge in [-0.2, -0.15) is 0 Å². The summed E-state index contributed by atoms with van der Waals surface area (Å²) >= 11 is 0. The summed E-state index contributed by atoms with van der Waals surface area (Å²) in [5.74, 6) is 1.47. The zero-order valence-electron chi connectivity index (χ0n) is 12.9. The molecular formula is C15H29ClN2O2. The summed E-state index contributed by atoms with van der Waals surface area (Å²) in [6.07, 6.45) is 5.74. The Hall–Kier alpha value is -0.480. The van der Waals surface area contributed by atoms with Gasteiger partial charge in [-0.25, -0.2) is 4.79 Å². The quantitative estimate of drug-likeness (QED) is 0.871. The average molecular weight is 305 g/mol. The van der Waals surface area contributed by atoms with Crippen LogP contribution in [0.2, 0.25) is 0 Å². The van der Waals surface area contributed by atoms with Gasteiger partial charge in [-0.1, -0.05) is 0 Å². The molecule has 20 heavy (non-hydrogen) atoms. The maximum absolute atomic E-state index is 11.9. The molecule has 1 saturated carbocycles. The minimum atomic E-state index is -0.401. The van der Waals surface area contributed by atoms with Gasteiger partial charge < -0.3 is 15.4 Å². The Balaban J connectivity index is 0.00000200. The highest BCUT2D eigenvalue weighted by Crippen LogP contribution is 2.35. The van der Waals surface area contributed by atoms with Gasteiger partial charge in [0.1, 0.15) is 5.60 Å². The molecule has 118 valence electrons. The molecule has 2 N–H and O–H groups in total. The summed E-state index contributed by atoms with van der Waals surface area (Å²) in [5.41, 5.74) is 5.78. The fraction of sp³-hybridized carbons (Fsp3) is 0.933. The molecule has 0 bridgehead atoms. The van der Waals surface area contributed by atoms with Gasteiger partial charge in [-0.05, 0) is 64.7 Å². The first-order valence-electron chi connectivity index (χ1n) is 7.58. The van der Waals surface area contributed by atoms with Gasteiger partial charge in [-0.15, -0.1) is 12.4 Å². The lowest BCUT2D eigenvalue weighted by molar-refractivity contribution is 0.0178.